The number of imidazole rings is 1. The molecular weight excluding hydrogens is 364 g/mol. The van der Waals surface area contributed by atoms with Gasteiger partial charge in [-0.25, -0.2) is 26.7 Å². The number of hydrogen-bond acceptors (Lipinski definition) is 2. The molecule has 0 fully saturated rings. The van der Waals surface area contributed by atoms with Gasteiger partial charge in [-0.3, -0.25) is 9.59 Å². The molecule has 0 N–H and O–H groups in total. The largest absolute Gasteiger partial charge is 0.290 e. The maximum atomic E-state index is 13.2. The quantitative estimate of drug-likeness (QED) is 0.376. The van der Waals surface area contributed by atoms with Gasteiger partial charge in [0, 0.05) is 11.1 Å². The minimum Gasteiger partial charge on any atom is -0.290 e. The maximum Gasteiger partial charge on any atom is 0.244 e. The highest BCUT2D eigenvalue weighted by Crippen LogP contribution is 2.11. The number of rotatable bonds is 6. The lowest BCUT2D eigenvalue weighted by molar-refractivity contribution is -0.682. The topological polar surface area (TPSA) is 43.0 Å². The molecule has 0 unspecified atom stereocenters. The van der Waals surface area contributed by atoms with Crippen molar-refractivity contribution in [2.24, 2.45) is 0 Å². The Morgan fingerprint density at radius 2 is 1.37 bits per heavy atom. The van der Waals surface area contributed by atoms with E-state index in [9.17, 15) is 27.2 Å². The molecule has 3 rings (SSSR count). The summed E-state index contributed by atoms with van der Waals surface area (Å²) in [6.45, 7) is -0.283. The standard InChI is InChI=1S/C19H13F4N2O2/c20-14-3-1-12(7-16(14)22)18(26)9-24-5-6-25(11-24)10-19(27)13-2-4-15(21)17(23)8-13/h1-8,11H,9-10H2/q+1. The van der Waals surface area contributed by atoms with E-state index in [1.807, 2.05) is 0 Å². The van der Waals surface area contributed by atoms with Crippen LogP contribution < -0.4 is 4.57 Å². The smallest absolute Gasteiger partial charge is 0.244 e. The zero-order valence-electron chi connectivity index (χ0n) is 13.8. The van der Waals surface area contributed by atoms with E-state index in [1.54, 1.807) is 0 Å². The Balaban J connectivity index is 1.67. The monoisotopic (exact) mass is 377 g/mol. The molecule has 1 aromatic heterocycles. The van der Waals surface area contributed by atoms with E-state index in [4.69, 9.17) is 0 Å². The van der Waals surface area contributed by atoms with Gasteiger partial charge in [0.05, 0.1) is 0 Å². The Kier molecular flexibility index (Phi) is 5.16. The molecular formula is C19H13F4N2O2+. The summed E-state index contributed by atoms with van der Waals surface area (Å²) >= 11 is 0. The molecule has 0 aliphatic heterocycles. The molecule has 4 nitrogen and oxygen atoms in total. The molecule has 0 amide bonds. The zero-order valence-corrected chi connectivity index (χ0v) is 13.8. The third-order valence-corrected chi connectivity index (χ3v) is 3.88. The number of ketones is 2. The second-order valence-corrected chi connectivity index (χ2v) is 5.86. The zero-order chi connectivity index (χ0) is 19.6. The van der Waals surface area contributed by atoms with E-state index in [1.165, 1.54) is 40.0 Å². The second-order valence-electron chi connectivity index (χ2n) is 5.86. The van der Waals surface area contributed by atoms with Crippen LogP contribution >= 0.6 is 0 Å². The van der Waals surface area contributed by atoms with E-state index in [2.05, 4.69) is 0 Å². The van der Waals surface area contributed by atoms with Crippen molar-refractivity contribution in [3.05, 3.63) is 89.5 Å². The van der Waals surface area contributed by atoms with Crippen molar-refractivity contribution in [3.8, 4) is 0 Å². The lowest BCUT2D eigenvalue weighted by Crippen LogP contribution is -2.36. The van der Waals surface area contributed by atoms with Crippen LogP contribution in [0.5, 0.6) is 0 Å². The molecule has 0 bridgehead atoms. The van der Waals surface area contributed by atoms with Crippen LogP contribution in [0.15, 0.2) is 55.1 Å². The molecule has 3 aromatic rings. The number of carbonyl (C=O) groups excluding carboxylic acids is 2. The summed E-state index contributed by atoms with van der Waals surface area (Å²) in [4.78, 5) is 24.3. The molecule has 0 saturated carbocycles. The number of nitrogens with zero attached hydrogens (tertiary/aromatic N) is 2. The second kappa shape index (κ2) is 7.53. The van der Waals surface area contributed by atoms with Gasteiger partial charge < -0.3 is 0 Å². The third-order valence-electron chi connectivity index (χ3n) is 3.88. The summed E-state index contributed by atoms with van der Waals surface area (Å²) in [5, 5.41) is 0. The number of benzene rings is 2. The van der Waals surface area contributed by atoms with Gasteiger partial charge in [-0.1, -0.05) is 0 Å². The summed E-state index contributed by atoms with van der Waals surface area (Å²) in [5.41, 5.74) is 0.0408. The molecule has 1 heterocycles. The number of Topliss-reactive ketones (excluding diaryl/α,β-unsaturated/α-hetero) is 2. The van der Waals surface area contributed by atoms with E-state index in [-0.39, 0.29) is 24.2 Å². The number of aromatic nitrogens is 2. The van der Waals surface area contributed by atoms with Gasteiger partial charge in [-0.05, 0) is 36.4 Å². The average Bonchev–Trinajstić information content (AvgIpc) is 3.06. The number of halogens is 4. The van der Waals surface area contributed by atoms with Crippen molar-refractivity contribution in [2.45, 2.75) is 13.1 Å². The predicted molar refractivity (Wildman–Crippen MR) is 86.0 cm³/mol. The SMILES string of the molecule is O=C(Cn1cc[n+](CC(=O)c2ccc(F)c(F)c2)c1)c1ccc(F)c(F)c1. The number of hydrogen-bond donors (Lipinski definition) is 0. The maximum absolute atomic E-state index is 13.2. The van der Waals surface area contributed by atoms with E-state index in [0.29, 0.717) is 0 Å². The van der Waals surface area contributed by atoms with Gasteiger partial charge in [-0.2, -0.15) is 0 Å². The fourth-order valence-electron chi connectivity index (χ4n) is 2.48. The highest BCUT2D eigenvalue weighted by molar-refractivity contribution is 5.96. The lowest BCUT2D eigenvalue weighted by atomic mass is 10.1. The molecule has 8 heteroatoms. The summed E-state index contributed by atoms with van der Waals surface area (Å²) in [6, 6.07) is 5.76. The first-order valence-electron chi connectivity index (χ1n) is 7.85. The predicted octanol–water partition coefficient (Wildman–Crippen LogP) is 3.10. The summed E-state index contributed by atoms with van der Waals surface area (Å²) < 4.78 is 55.2. The van der Waals surface area contributed by atoms with Crippen molar-refractivity contribution in [1.82, 2.24) is 4.57 Å². The van der Waals surface area contributed by atoms with Gasteiger partial charge in [0.15, 0.2) is 36.4 Å². The Bertz CT molecular complexity index is 950. The average molecular weight is 377 g/mol. The minimum atomic E-state index is -1.11. The van der Waals surface area contributed by atoms with Gasteiger partial charge in [0.25, 0.3) is 0 Å². The minimum absolute atomic E-state index is 0.0204. The number of carbonyl (C=O) groups is 2. The lowest BCUT2D eigenvalue weighted by Gasteiger charge is -2.00. The molecule has 0 atom stereocenters. The van der Waals surface area contributed by atoms with E-state index >= 15 is 0 Å². The van der Waals surface area contributed by atoms with Gasteiger partial charge in [0.2, 0.25) is 17.9 Å². The van der Waals surface area contributed by atoms with Crippen LogP contribution in [0, 0.1) is 23.3 Å². The van der Waals surface area contributed by atoms with E-state index in [0.717, 1.165) is 24.3 Å². The van der Waals surface area contributed by atoms with Crippen LogP contribution in [0.1, 0.15) is 20.7 Å². The fraction of sp³-hybridized carbons (Fsp3) is 0.105. The van der Waals surface area contributed by atoms with Crippen molar-refractivity contribution < 1.29 is 31.7 Å². The molecule has 27 heavy (non-hydrogen) atoms. The molecule has 138 valence electrons. The van der Waals surface area contributed by atoms with Crippen LogP contribution in [0.2, 0.25) is 0 Å². The fourth-order valence-corrected chi connectivity index (χ4v) is 2.48. The molecule has 0 spiro atoms. The highest BCUT2D eigenvalue weighted by atomic mass is 19.2. The molecule has 0 saturated heterocycles. The van der Waals surface area contributed by atoms with Crippen molar-refractivity contribution in [1.29, 1.82) is 0 Å². The van der Waals surface area contributed by atoms with Crippen molar-refractivity contribution in [2.75, 3.05) is 0 Å². The van der Waals surface area contributed by atoms with Crippen LogP contribution in [-0.4, -0.2) is 16.1 Å². The first-order chi connectivity index (χ1) is 12.8. The van der Waals surface area contributed by atoms with Crippen LogP contribution in [-0.2, 0) is 13.1 Å². The first-order valence-corrected chi connectivity index (χ1v) is 7.85. The molecule has 2 aromatic carbocycles. The molecule has 0 radical (unpaired) electrons. The van der Waals surface area contributed by atoms with Crippen molar-refractivity contribution in [3.63, 3.8) is 0 Å². The summed E-state index contributed by atoms with van der Waals surface area (Å²) in [7, 11) is 0. The Labute approximate surface area is 151 Å². The Morgan fingerprint density at radius 1 is 0.815 bits per heavy atom. The molecule has 0 aliphatic rings. The Morgan fingerprint density at radius 3 is 1.93 bits per heavy atom. The van der Waals surface area contributed by atoms with Crippen LogP contribution in [0.25, 0.3) is 0 Å². The normalized spacial score (nSPS) is 10.8. The van der Waals surface area contributed by atoms with Gasteiger partial charge in [-0.15, -0.1) is 0 Å². The van der Waals surface area contributed by atoms with Crippen LogP contribution in [0.4, 0.5) is 17.6 Å². The van der Waals surface area contributed by atoms with Gasteiger partial charge >= 0.3 is 0 Å². The van der Waals surface area contributed by atoms with Gasteiger partial charge in [0.1, 0.15) is 12.4 Å². The summed E-state index contributed by atoms with van der Waals surface area (Å²) in [5.74, 6) is -5.18. The Hall–Kier alpha value is -3.29. The molecule has 0 aliphatic carbocycles. The van der Waals surface area contributed by atoms with E-state index < -0.39 is 34.8 Å². The third kappa shape index (κ3) is 4.28. The van der Waals surface area contributed by atoms with Crippen LogP contribution in [0.3, 0.4) is 0 Å². The highest BCUT2D eigenvalue weighted by Gasteiger charge is 2.16. The summed E-state index contributed by atoms with van der Waals surface area (Å²) in [6.07, 6.45) is 4.52. The van der Waals surface area contributed by atoms with Crippen molar-refractivity contribution >= 4 is 11.6 Å². The first kappa shape index (κ1) is 18.5.